The number of carboxylic acids is 1. The molecule has 0 atom stereocenters. The van der Waals surface area contributed by atoms with Crippen molar-refractivity contribution in [3.8, 4) is 11.5 Å². The van der Waals surface area contributed by atoms with E-state index in [4.69, 9.17) is 14.6 Å². The fourth-order valence-electron chi connectivity index (χ4n) is 1.98. The molecule has 6 nitrogen and oxygen atoms in total. The number of unbranched alkanes of at least 4 members (excludes halogenated alkanes) is 2. The molecule has 0 heterocycles. The number of ether oxygens (including phenoxy) is 2. The molecular weight excluding hydrogens is 298 g/mol. The van der Waals surface area contributed by atoms with Gasteiger partial charge in [-0.3, -0.25) is 9.59 Å². The van der Waals surface area contributed by atoms with Gasteiger partial charge in [-0.05, 0) is 37.1 Å². The third-order valence-electron chi connectivity index (χ3n) is 3.22. The second-order valence-corrected chi connectivity index (χ2v) is 4.94. The smallest absolute Gasteiger partial charge is 0.303 e. The minimum Gasteiger partial charge on any atom is -0.497 e. The highest BCUT2D eigenvalue weighted by molar-refractivity contribution is 5.92. The molecule has 0 aliphatic carbocycles. The Kier molecular flexibility index (Phi) is 8.28. The second kappa shape index (κ2) is 10.3. The summed E-state index contributed by atoms with van der Waals surface area (Å²) in [6.45, 7) is 0.526. The molecule has 0 saturated carbocycles. The second-order valence-electron chi connectivity index (χ2n) is 4.94. The normalized spacial score (nSPS) is 10.5. The molecule has 0 saturated heterocycles. The number of carbonyl (C=O) groups is 2. The zero-order valence-corrected chi connectivity index (χ0v) is 13.5. The summed E-state index contributed by atoms with van der Waals surface area (Å²) in [4.78, 5) is 22.1. The summed E-state index contributed by atoms with van der Waals surface area (Å²) in [7, 11) is 3.14. The zero-order chi connectivity index (χ0) is 17.1. The number of amides is 1. The number of benzene rings is 1. The Morgan fingerprint density at radius 2 is 1.96 bits per heavy atom. The molecule has 0 aromatic heterocycles. The lowest BCUT2D eigenvalue weighted by atomic mass is 10.1. The van der Waals surface area contributed by atoms with Crippen LogP contribution in [0.25, 0.3) is 6.08 Å². The highest BCUT2D eigenvalue weighted by Gasteiger charge is 2.03. The van der Waals surface area contributed by atoms with Crippen LogP contribution in [0.15, 0.2) is 24.3 Å². The molecule has 6 heteroatoms. The van der Waals surface area contributed by atoms with E-state index >= 15 is 0 Å². The highest BCUT2D eigenvalue weighted by atomic mass is 16.5. The van der Waals surface area contributed by atoms with Gasteiger partial charge in [0.2, 0.25) is 5.91 Å². The third kappa shape index (κ3) is 7.35. The van der Waals surface area contributed by atoms with Crippen LogP contribution in [0.5, 0.6) is 11.5 Å². The first-order valence-corrected chi connectivity index (χ1v) is 7.46. The molecule has 0 spiro atoms. The number of rotatable bonds is 10. The van der Waals surface area contributed by atoms with Gasteiger partial charge in [0.1, 0.15) is 11.5 Å². The van der Waals surface area contributed by atoms with E-state index in [1.165, 1.54) is 6.08 Å². The molecular formula is C17H23NO5. The molecule has 0 bridgehead atoms. The lowest BCUT2D eigenvalue weighted by Gasteiger charge is -2.07. The van der Waals surface area contributed by atoms with Crippen molar-refractivity contribution in [1.82, 2.24) is 5.32 Å². The monoisotopic (exact) mass is 321 g/mol. The van der Waals surface area contributed by atoms with Crippen molar-refractivity contribution < 1.29 is 24.2 Å². The van der Waals surface area contributed by atoms with E-state index < -0.39 is 5.97 Å². The van der Waals surface area contributed by atoms with Crippen LogP contribution in [0.4, 0.5) is 0 Å². The molecule has 0 fully saturated rings. The molecule has 1 aromatic rings. The lowest BCUT2D eigenvalue weighted by molar-refractivity contribution is -0.137. The molecule has 0 aliphatic heterocycles. The first kappa shape index (κ1) is 18.5. The quantitative estimate of drug-likeness (QED) is 0.511. The molecule has 0 radical (unpaired) electrons. The lowest BCUT2D eigenvalue weighted by Crippen LogP contribution is -2.22. The number of carboxylic acid groups (broad SMARTS) is 1. The highest BCUT2D eigenvalue weighted by Crippen LogP contribution is 2.24. The van der Waals surface area contributed by atoms with Crippen molar-refractivity contribution >= 4 is 18.0 Å². The van der Waals surface area contributed by atoms with Gasteiger partial charge in [-0.25, -0.2) is 0 Å². The number of carbonyl (C=O) groups excluding carboxylic acids is 1. The summed E-state index contributed by atoms with van der Waals surface area (Å²) >= 11 is 0. The van der Waals surface area contributed by atoms with Crippen LogP contribution >= 0.6 is 0 Å². The van der Waals surface area contributed by atoms with Crippen molar-refractivity contribution in [2.24, 2.45) is 0 Å². The molecule has 1 aromatic carbocycles. The van der Waals surface area contributed by atoms with Gasteiger partial charge in [0.15, 0.2) is 0 Å². The molecule has 0 unspecified atom stereocenters. The molecule has 126 valence electrons. The van der Waals surface area contributed by atoms with E-state index in [1.807, 2.05) is 0 Å². The summed E-state index contributed by atoms with van der Waals surface area (Å²) < 4.78 is 10.4. The van der Waals surface area contributed by atoms with Crippen LogP contribution in [0, 0.1) is 0 Å². The van der Waals surface area contributed by atoms with E-state index in [2.05, 4.69) is 5.32 Å². The predicted molar refractivity (Wildman–Crippen MR) is 87.7 cm³/mol. The average Bonchev–Trinajstić information content (AvgIpc) is 2.55. The van der Waals surface area contributed by atoms with Crippen molar-refractivity contribution in [2.75, 3.05) is 20.8 Å². The Balaban J connectivity index is 2.41. The maximum absolute atomic E-state index is 11.7. The molecule has 1 amide bonds. The van der Waals surface area contributed by atoms with E-state index in [-0.39, 0.29) is 12.3 Å². The topological polar surface area (TPSA) is 84.9 Å². The van der Waals surface area contributed by atoms with Gasteiger partial charge in [-0.2, -0.15) is 0 Å². The van der Waals surface area contributed by atoms with Crippen molar-refractivity contribution in [2.45, 2.75) is 25.7 Å². The van der Waals surface area contributed by atoms with Gasteiger partial charge in [0.25, 0.3) is 0 Å². The maximum atomic E-state index is 11.7. The molecule has 1 rings (SSSR count). The molecule has 0 aliphatic rings. The van der Waals surface area contributed by atoms with Crippen LogP contribution in [0.3, 0.4) is 0 Å². The van der Waals surface area contributed by atoms with Gasteiger partial charge in [-0.15, -0.1) is 0 Å². The number of hydrogen-bond donors (Lipinski definition) is 2. The van der Waals surface area contributed by atoms with Gasteiger partial charge in [0.05, 0.1) is 14.2 Å². The van der Waals surface area contributed by atoms with Crippen molar-refractivity contribution in [3.05, 3.63) is 29.8 Å². The Labute approximate surface area is 136 Å². The van der Waals surface area contributed by atoms with Crippen LogP contribution < -0.4 is 14.8 Å². The number of nitrogens with one attached hydrogen (secondary N) is 1. The summed E-state index contributed by atoms with van der Waals surface area (Å²) in [5.74, 6) is 0.352. The Bertz CT molecular complexity index is 554. The predicted octanol–water partition coefficient (Wildman–Crippen LogP) is 2.48. The zero-order valence-electron chi connectivity index (χ0n) is 13.5. The molecule has 2 N–H and O–H groups in total. The van der Waals surface area contributed by atoms with E-state index in [1.54, 1.807) is 38.5 Å². The summed E-state index contributed by atoms with van der Waals surface area (Å²) in [5, 5.41) is 11.3. The number of methoxy groups -OCH3 is 2. The third-order valence-corrected chi connectivity index (χ3v) is 3.22. The van der Waals surface area contributed by atoms with Crippen LogP contribution in [-0.4, -0.2) is 37.7 Å². The maximum Gasteiger partial charge on any atom is 0.303 e. The summed E-state index contributed by atoms with van der Waals surface area (Å²) in [6, 6.07) is 5.35. The van der Waals surface area contributed by atoms with Gasteiger partial charge < -0.3 is 19.9 Å². The fraction of sp³-hybridized carbons (Fsp3) is 0.412. The Hall–Kier alpha value is -2.50. The van der Waals surface area contributed by atoms with E-state index in [0.29, 0.717) is 24.5 Å². The molecule has 23 heavy (non-hydrogen) atoms. The van der Waals surface area contributed by atoms with Gasteiger partial charge in [-0.1, -0.05) is 6.42 Å². The van der Waals surface area contributed by atoms with Crippen LogP contribution in [0.2, 0.25) is 0 Å². The number of hydrogen-bond acceptors (Lipinski definition) is 4. The van der Waals surface area contributed by atoms with Crippen molar-refractivity contribution in [1.29, 1.82) is 0 Å². The Morgan fingerprint density at radius 1 is 1.17 bits per heavy atom. The van der Waals surface area contributed by atoms with Gasteiger partial charge in [0, 0.05) is 24.6 Å². The number of aliphatic carboxylic acids is 1. The minimum atomic E-state index is -0.788. The van der Waals surface area contributed by atoms with Gasteiger partial charge >= 0.3 is 5.97 Å². The Morgan fingerprint density at radius 3 is 2.61 bits per heavy atom. The standard InChI is InChI=1S/C17H23NO5/c1-22-14-8-9-15(23-2)13(12-14)7-10-16(19)18-11-5-3-4-6-17(20)21/h7-10,12H,3-6,11H2,1-2H3,(H,18,19)(H,20,21)/b10-7+. The largest absolute Gasteiger partial charge is 0.497 e. The van der Waals surface area contributed by atoms with Crippen LogP contribution in [-0.2, 0) is 9.59 Å². The first-order valence-electron chi connectivity index (χ1n) is 7.46. The first-order chi connectivity index (χ1) is 11.1. The van der Waals surface area contributed by atoms with Crippen molar-refractivity contribution in [3.63, 3.8) is 0 Å². The summed E-state index contributed by atoms with van der Waals surface area (Å²) in [6.07, 6.45) is 5.44. The van der Waals surface area contributed by atoms with Crippen LogP contribution in [0.1, 0.15) is 31.2 Å². The average molecular weight is 321 g/mol. The fourth-order valence-corrected chi connectivity index (χ4v) is 1.98. The van der Waals surface area contributed by atoms with E-state index in [9.17, 15) is 9.59 Å². The summed E-state index contributed by atoms with van der Waals surface area (Å²) in [5.41, 5.74) is 0.753. The van der Waals surface area contributed by atoms with E-state index in [0.717, 1.165) is 18.4 Å². The minimum absolute atomic E-state index is 0.170. The SMILES string of the molecule is COc1ccc(OC)c(/C=C/C(=O)NCCCCCC(=O)O)c1.